The summed E-state index contributed by atoms with van der Waals surface area (Å²) in [6, 6.07) is 2.40. The maximum atomic E-state index is 14.9. The molecule has 0 spiro atoms. The average molecular weight is 598 g/mol. The molecule has 4 atom stereocenters. The predicted molar refractivity (Wildman–Crippen MR) is 140 cm³/mol. The molecule has 2 fully saturated rings. The van der Waals surface area contributed by atoms with Gasteiger partial charge in [-0.2, -0.15) is 13.1 Å². The number of nitrogen functional groups attached to an aromatic ring is 1. The number of nitrogens with one attached hydrogen (secondary N) is 1. The van der Waals surface area contributed by atoms with Crippen molar-refractivity contribution in [2.24, 2.45) is 5.14 Å². The molecule has 3 aromatic rings. The highest BCUT2D eigenvalue weighted by Crippen LogP contribution is 2.34. The Morgan fingerprint density at radius 2 is 1.85 bits per heavy atom. The Morgan fingerprint density at radius 1 is 1.15 bits per heavy atom. The van der Waals surface area contributed by atoms with Crippen LogP contribution in [0, 0.1) is 23.5 Å². The first-order valence-corrected chi connectivity index (χ1v) is 14.3. The van der Waals surface area contributed by atoms with Gasteiger partial charge >= 0.3 is 0 Å². The summed E-state index contributed by atoms with van der Waals surface area (Å²) < 4.78 is 68.6. The third-order valence-electron chi connectivity index (χ3n) is 6.28. The molecule has 2 aliphatic rings. The van der Waals surface area contributed by atoms with E-state index in [1.807, 2.05) is 9.03 Å². The Bertz CT molecular complexity index is 1570. The Morgan fingerprint density at radius 3 is 2.52 bits per heavy atom. The summed E-state index contributed by atoms with van der Waals surface area (Å²) in [4.78, 5) is 8.50. The number of aliphatic hydroxyl groups is 2. The molecule has 2 aromatic heterocycles. The van der Waals surface area contributed by atoms with E-state index >= 15 is 0 Å². The Balaban J connectivity index is 1.45. The van der Waals surface area contributed by atoms with Gasteiger partial charge in [0.1, 0.15) is 47.7 Å². The normalized spacial score (nSPS) is 23.8. The molecule has 7 N–H and O–H groups in total. The predicted octanol–water partition coefficient (Wildman–Crippen LogP) is -0.557. The highest BCUT2D eigenvalue weighted by molar-refractivity contribution is 7.97. The average Bonchev–Trinajstić information content (AvgIpc) is 3.40. The first-order chi connectivity index (χ1) is 19.0. The maximum Gasteiger partial charge on any atom is 0.274 e. The summed E-state index contributed by atoms with van der Waals surface area (Å²) in [6.45, 7) is 1.93. The van der Waals surface area contributed by atoms with Gasteiger partial charge in [-0.25, -0.2) is 28.2 Å². The van der Waals surface area contributed by atoms with Gasteiger partial charge in [-0.3, -0.25) is 0 Å². The summed E-state index contributed by atoms with van der Waals surface area (Å²) in [5, 5.41) is 26.2. The Hall–Kier alpha value is -2.92. The molecular formula is C23H25F2N7O6S2. The number of nitrogens with two attached hydrogens (primary N) is 2. The van der Waals surface area contributed by atoms with Crippen LogP contribution in [-0.4, -0.2) is 88.6 Å². The third kappa shape index (κ3) is 6.05. The van der Waals surface area contributed by atoms with E-state index in [9.17, 15) is 27.4 Å². The summed E-state index contributed by atoms with van der Waals surface area (Å²) in [6.07, 6.45) is -2.83. The lowest BCUT2D eigenvalue weighted by atomic mass is 10.1. The zero-order valence-electron chi connectivity index (χ0n) is 20.7. The van der Waals surface area contributed by atoms with Gasteiger partial charge in [-0.05, 0) is 24.1 Å². The van der Waals surface area contributed by atoms with Gasteiger partial charge in [0.15, 0.2) is 6.23 Å². The molecule has 40 heavy (non-hydrogen) atoms. The number of benzene rings is 1. The molecule has 0 bridgehead atoms. The van der Waals surface area contributed by atoms with Crippen LogP contribution in [0.4, 0.5) is 14.6 Å². The van der Waals surface area contributed by atoms with Gasteiger partial charge < -0.3 is 30.0 Å². The molecule has 0 radical (unpaired) electrons. The second-order valence-corrected chi connectivity index (χ2v) is 11.5. The van der Waals surface area contributed by atoms with Gasteiger partial charge in [0.05, 0.1) is 29.7 Å². The van der Waals surface area contributed by atoms with E-state index in [1.54, 1.807) is 0 Å². The second-order valence-electron chi connectivity index (χ2n) is 8.99. The zero-order valence-corrected chi connectivity index (χ0v) is 22.3. The van der Waals surface area contributed by atoms with E-state index in [1.165, 1.54) is 34.8 Å². The fraction of sp³-hybridized carbons (Fsp3) is 0.391. The lowest BCUT2D eigenvalue weighted by Crippen LogP contribution is -2.42. The van der Waals surface area contributed by atoms with E-state index in [0.29, 0.717) is 31.2 Å². The number of nitrogens with zero attached hydrogens (tertiary/aromatic N) is 4. The van der Waals surface area contributed by atoms with Crippen LogP contribution in [0.25, 0.3) is 11.0 Å². The number of halogens is 2. The van der Waals surface area contributed by atoms with Gasteiger partial charge in [0, 0.05) is 30.7 Å². The van der Waals surface area contributed by atoms with Crippen molar-refractivity contribution in [1.29, 1.82) is 0 Å². The van der Waals surface area contributed by atoms with Crippen LogP contribution in [-0.2, 0) is 19.7 Å². The Kier molecular flexibility index (Phi) is 8.24. The first-order valence-electron chi connectivity index (χ1n) is 11.9. The van der Waals surface area contributed by atoms with E-state index in [4.69, 9.17) is 20.3 Å². The van der Waals surface area contributed by atoms with Crippen molar-refractivity contribution < 1.29 is 36.9 Å². The molecule has 0 unspecified atom stereocenters. The molecule has 0 amide bonds. The monoisotopic (exact) mass is 597 g/mol. The topological polar surface area (TPSA) is 191 Å². The van der Waals surface area contributed by atoms with Gasteiger partial charge in [0.2, 0.25) is 0 Å². The summed E-state index contributed by atoms with van der Waals surface area (Å²) in [5.74, 6) is 3.52. The van der Waals surface area contributed by atoms with Gasteiger partial charge in [-0.1, -0.05) is 11.8 Å². The molecule has 17 heteroatoms. The standard InChI is InChI=1S/C23H25F2N7O6S2/c24-15-7-13(39-31-3-5-37-6-4-31)8-16(25)14(15)2-1-12-10-32(22-18(12)21(26)28-11-29-22)23-20(34)19(33)17(38-23)9-30-40(27,35)36/h7-8,10-11,17,19-20,23,30,33-34H,3-6,9H2,(H2,26,28,29)(H2,27,35,36)/t17-,19-,20-,23-/m1/s1. The second kappa shape index (κ2) is 11.5. The van der Waals surface area contributed by atoms with E-state index in [-0.39, 0.29) is 22.4 Å². The van der Waals surface area contributed by atoms with Gasteiger partial charge in [0.25, 0.3) is 10.2 Å². The van der Waals surface area contributed by atoms with Crippen LogP contribution < -0.4 is 15.6 Å². The molecule has 5 rings (SSSR count). The molecule has 1 aromatic carbocycles. The number of fused-ring (bicyclic) bond motifs is 1. The third-order valence-corrected chi connectivity index (χ3v) is 7.92. The number of aliphatic hydroxyl groups excluding tert-OH is 2. The highest BCUT2D eigenvalue weighted by Gasteiger charge is 2.44. The summed E-state index contributed by atoms with van der Waals surface area (Å²) in [5.41, 5.74) is 5.93. The molecular weight excluding hydrogens is 572 g/mol. The lowest BCUT2D eigenvalue weighted by molar-refractivity contribution is -0.0327. The van der Waals surface area contributed by atoms with Crippen molar-refractivity contribution in [1.82, 2.24) is 23.6 Å². The number of anilines is 1. The van der Waals surface area contributed by atoms with Crippen LogP contribution >= 0.6 is 11.9 Å². The number of aromatic nitrogens is 3. The smallest absolute Gasteiger partial charge is 0.274 e. The quantitative estimate of drug-likeness (QED) is 0.181. The lowest BCUT2D eigenvalue weighted by Gasteiger charge is -2.25. The highest BCUT2D eigenvalue weighted by atomic mass is 32.2. The van der Waals surface area contributed by atoms with E-state index in [0.717, 1.165) is 6.33 Å². The zero-order chi connectivity index (χ0) is 28.6. The summed E-state index contributed by atoms with van der Waals surface area (Å²) >= 11 is 1.23. The van der Waals surface area contributed by atoms with Crippen molar-refractivity contribution >= 4 is 39.0 Å². The number of hydrogen-bond donors (Lipinski definition) is 5. The molecule has 2 saturated heterocycles. The summed E-state index contributed by atoms with van der Waals surface area (Å²) in [7, 11) is -4.08. The van der Waals surface area contributed by atoms with Gasteiger partial charge in [-0.15, -0.1) is 0 Å². The fourth-order valence-electron chi connectivity index (χ4n) is 4.36. The minimum absolute atomic E-state index is 0.00623. The number of ether oxygens (including phenoxy) is 2. The number of hydrogen-bond acceptors (Lipinski definition) is 11. The van der Waals surface area contributed by atoms with E-state index in [2.05, 4.69) is 21.8 Å². The Labute approximate surface area is 231 Å². The van der Waals surface area contributed by atoms with E-state index < -0.39 is 58.5 Å². The van der Waals surface area contributed by atoms with Crippen LogP contribution in [0.1, 0.15) is 17.4 Å². The minimum Gasteiger partial charge on any atom is -0.387 e. The molecule has 13 nitrogen and oxygen atoms in total. The van der Waals surface area contributed by atoms with Crippen molar-refractivity contribution in [3.63, 3.8) is 0 Å². The van der Waals surface area contributed by atoms with Crippen molar-refractivity contribution in [3.05, 3.63) is 47.4 Å². The number of morpholine rings is 1. The van der Waals surface area contributed by atoms with Crippen molar-refractivity contribution in [2.75, 3.05) is 38.6 Å². The SMILES string of the molecule is Nc1ncnc2c1c(C#Cc1c(F)cc(SN3CCOCC3)cc1F)cn2[C@@H]1O[C@H](CNS(N)(=O)=O)[C@@H](O)[C@H]1O. The molecule has 214 valence electrons. The van der Waals surface area contributed by atoms with Crippen LogP contribution in [0.5, 0.6) is 0 Å². The van der Waals surface area contributed by atoms with Crippen molar-refractivity contribution in [2.45, 2.75) is 29.4 Å². The largest absolute Gasteiger partial charge is 0.387 e. The maximum absolute atomic E-state index is 14.9. The molecule has 4 heterocycles. The molecule has 0 aliphatic carbocycles. The van der Waals surface area contributed by atoms with Crippen LogP contribution in [0.3, 0.4) is 0 Å². The first kappa shape index (κ1) is 28.6. The minimum atomic E-state index is -4.08. The van der Waals surface area contributed by atoms with Crippen molar-refractivity contribution in [3.8, 4) is 11.8 Å². The molecule has 2 aliphatic heterocycles. The fourth-order valence-corrected chi connectivity index (χ4v) is 5.70. The number of rotatable bonds is 6. The molecule has 0 saturated carbocycles. The van der Waals surface area contributed by atoms with Crippen LogP contribution in [0.2, 0.25) is 0 Å². The van der Waals surface area contributed by atoms with Crippen LogP contribution in [0.15, 0.2) is 29.6 Å².